The Morgan fingerprint density at radius 2 is 1.92 bits per heavy atom. The third kappa shape index (κ3) is 4.59. The Labute approximate surface area is 157 Å². The lowest BCUT2D eigenvalue weighted by Crippen LogP contribution is -2.28. The highest BCUT2D eigenvalue weighted by atomic mass is 35.5. The second kappa shape index (κ2) is 9.31. The summed E-state index contributed by atoms with van der Waals surface area (Å²) in [7, 11) is 1.18. The molecular formula is C19H22ClNO5. The molecule has 0 aliphatic rings. The van der Waals surface area contributed by atoms with Gasteiger partial charge in [0.2, 0.25) is 0 Å². The maximum absolute atomic E-state index is 11.7. The molecule has 2 aromatic rings. The molecule has 0 aliphatic carbocycles. The number of anilines is 1. The number of aryl methyl sites for hydroxylation is 1. The molecule has 0 heterocycles. The second-order valence-corrected chi connectivity index (χ2v) is 5.78. The normalized spacial score (nSPS) is 10.3. The Morgan fingerprint density at radius 3 is 2.54 bits per heavy atom. The van der Waals surface area contributed by atoms with Gasteiger partial charge in [0.1, 0.15) is 18.1 Å². The van der Waals surface area contributed by atoms with Gasteiger partial charge in [-0.1, -0.05) is 30.7 Å². The average Bonchev–Trinajstić information content (AvgIpc) is 2.66. The fraction of sp³-hybridized carbons (Fsp3) is 0.316. The van der Waals surface area contributed by atoms with E-state index in [0.717, 1.165) is 12.0 Å². The molecule has 1 N–H and O–H groups in total. The first kappa shape index (κ1) is 19.9. The van der Waals surface area contributed by atoms with E-state index in [-0.39, 0.29) is 12.3 Å². The quantitative estimate of drug-likeness (QED) is 0.550. The number of ether oxygens (including phenoxy) is 3. The summed E-state index contributed by atoms with van der Waals surface area (Å²) in [5.74, 6) is 0.998. The zero-order valence-corrected chi connectivity index (χ0v) is 15.7. The molecule has 0 bridgehead atoms. The van der Waals surface area contributed by atoms with Crippen molar-refractivity contribution in [3.8, 4) is 11.5 Å². The Bertz CT molecular complexity index is 766. The van der Waals surface area contributed by atoms with E-state index in [1.54, 1.807) is 24.3 Å². The standard InChI is InChI=1S/C19H22ClNO5/c1-4-13-9-10-18(15(20)11-13)26-12-14-16(21(23)19(22)24-3)7-6-8-17(14)25-5-2/h6-11,23H,4-5,12H2,1-3H3. The summed E-state index contributed by atoms with van der Waals surface area (Å²) in [6.07, 6.45) is -0.0409. The lowest BCUT2D eigenvalue weighted by molar-refractivity contribution is 0.140. The third-order valence-electron chi connectivity index (χ3n) is 3.76. The van der Waals surface area contributed by atoms with Crippen LogP contribution >= 0.6 is 11.6 Å². The molecule has 0 fully saturated rings. The minimum atomic E-state index is -0.912. The predicted molar refractivity (Wildman–Crippen MR) is 99.4 cm³/mol. The first-order valence-electron chi connectivity index (χ1n) is 8.24. The number of carbonyl (C=O) groups is 1. The molecule has 1 amide bonds. The fourth-order valence-corrected chi connectivity index (χ4v) is 2.66. The SMILES string of the molecule is CCOc1cccc(N(O)C(=O)OC)c1COc1ccc(CC)cc1Cl. The summed E-state index contributed by atoms with van der Waals surface area (Å²) in [4.78, 5) is 11.7. The van der Waals surface area contributed by atoms with Crippen molar-refractivity contribution in [1.82, 2.24) is 0 Å². The summed E-state index contributed by atoms with van der Waals surface area (Å²) in [6, 6.07) is 10.5. The number of nitrogens with zero attached hydrogens (tertiary/aromatic N) is 1. The fourth-order valence-electron chi connectivity index (χ4n) is 2.40. The van der Waals surface area contributed by atoms with E-state index >= 15 is 0 Å². The van der Waals surface area contributed by atoms with Gasteiger partial charge in [0, 0.05) is 0 Å². The van der Waals surface area contributed by atoms with E-state index in [1.807, 2.05) is 26.0 Å². The molecule has 0 saturated carbocycles. The third-order valence-corrected chi connectivity index (χ3v) is 4.06. The summed E-state index contributed by atoms with van der Waals surface area (Å²) in [5, 5.41) is 11.0. The van der Waals surface area contributed by atoms with Crippen LogP contribution in [0.3, 0.4) is 0 Å². The molecule has 7 heteroatoms. The Hall–Kier alpha value is -2.44. The number of methoxy groups -OCH3 is 1. The minimum absolute atomic E-state index is 0.0464. The van der Waals surface area contributed by atoms with Gasteiger partial charge in [0.15, 0.2) is 0 Å². The molecule has 0 spiro atoms. The van der Waals surface area contributed by atoms with Crippen LogP contribution in [0.1, 0.15) is 25.0 Å². The molecule has 0 atom stereocenters. The molecule has 0 aromatic heterocycles. The van der Waals surface area contributed by atoms with Gasteiger partial charge in [0.25, 0.3) is 0 Å². The highest BCUT2D eigenvalue weighted by Crippen LogP contribution is 2.32. The van der Waals surface area contributed by atoms with Gasteiger partial charge in [-0.25, -0.2) is 4.79 Å². The maximum Gasteiger partial charge on any atom is 0.438 e. The van der Waals surface area contributed by atoms with Gasteiger partial charge in [-0.15, -0.1) is 0 Å². The van der Waals surface area contributed by atoms with E-state index in [0.29, 0.717) is 33.8 Å². The highest BCUT2D eigenvalue weighted by molar-refractivity contribution is 6.32. The molecule has 0 aliphatic heterocycles. The topological polar surface area (TPSA) is 68.2 Å². The van der Waals surface area contributed by atoms with Crippen LogP contribution < -0.4 is 14.5 Å². The van der Waals surface area contributed by atoms with Gasteiger partial charge in [-0.2, -0.15) is 5.06 Å². The molecule has 26 heavy (non-hydrogen) atoms. The molecule has 140 valence electrons. The number of halogens is 1. The summed E-state index contributed by atoms with van der Waals surface area (Å²) in [6.45, 7) is 4.35. The second-order valence-electron chi connectivity index (χ2n) is 5.38. The van der Waals surface area contributed by atoms with E-state index in [9.17, 15) is 10.0 Å². The van der Waals surface area contributed by atoms with Crippen molar-refractivity contribution in [2.24, 2.45) is 0 Å². The maximum atomic E-state index is 11.7. The zero-order valence-electron chi connectivity index (χ0n) is 15.0. The number of benzene rings is 2. The van der Waals surface area contributed by atoms with E-state index in [2.05, 4.69) is 4.74 Å². The number of hydroxylamine groups is 1. The van der Waals surface area contributed by atoms with E-state index in [4.69, 9.17) is 21.1 Å². The largest absolute Gasteiger partial charge is 0.493 e. The van der Waals surface area contributed by atoms with Gasteiger partial charge in [-0.3, -0.25) is 5.21 Å². The van der Waals surface area contributed by atoms with Crippen molar-refractivity contribution in [3.63, 3.8) is 0 Å². The molecule has 6 nitrogen and oxygen atoms in total. The number of rotatable bonds is 7. The minimum Gasteiger partial charge on any atom is -0.493 e. The van der Waals surface area contributed by atoms with Crippen molar-refractivity contribution in [3.05, 3.63) is 52.5 Å². The lowest BCUT2D eigenvalue weighted by atomic mass is 10.1. The van der Waals surface area contributed by atoms with Crippen molar-refractivity contribution >= 4 is 23.4 Å². The van der Waals surface area contributed by atoms with Crippen LogP contribution in [0.15, 0.2) is 36.4 Å². The molecule has 0 saturated heterocycles. The van der Waals surface area contributed by atoms with E-state index < -0.39 is 6.09 Å². The van der Waals surface area contributed by atoms with Crippen LogP contribution in [-0.2, 0) is 17.8 Å². The molecule has 0 radical (unpaired) electrons. The van der Waals surface area contributed by atoms with Crippen LogP contribution in [0.5, 0.6) is 11.5 Å². The number of hydrogen-bond acceptors (Lipinski definition) is 5. The molecule has 0 unspecified atom stereocenters. The first-order chi connectivity index (χ1) is 12.5. The van der Waals surface area contributed by atoms with Crippen molar-refractivity contribution < 1.29 is 24.2 Å². The van der Waals surface area contributed by atoms with Gasteiger partial charge in [-0.05, 0) is 43.2 Å². The molecule has 2 aromatic carbocycles. The number of carbonyl (C=O) groups excluding carboxylic acids is 1. The number of hydrogen-bond donors (Lipinski definition) is 1. The highest BCUT2D eigenvalue weighted by Gasteiger charge is 2.21. The van der Waals surface area contributed by atoms with Crippen molar-refractivity contribution in [2.75, 3.05) is 18.8 Å². The summed E-state index contributed by atoms with van der Waals surface area (Å²) in [5.41, 5.74) is 1.81. The Kier molecular flexibility index (Phi) is 7.12. The molecular weight excluding hydrogens is 358 g/mol. The Morgan fingerprint density at radius 1 is 1.15 bits per heavy atom. The van der Waals surface area contributed by atoms with Gasteiger partial charge >= 0.3 is 6.09 Å². The van der Waals surface area contributed by atoms with Crippen LogP contribution in [0.25, 0.3) is 0 Å². The predicted octanol–water partition coefficient (Wildman–Crippen LogP) is 4.84. The average molecular weight is 380 g/mol. The Balaban J connectivity index is 2.32. The van der Waals surface area contributed by atoms with Crippen LogP contribution in [0.2, 0.25) is 5.02 Å². The van der Waals surface area contributed by atoms with Crippen LogP contribution in [0, 0.1) is 0 Å². The zero-order chi connectivity index (χ0) is 19.1. The van der Waals surface area contributed by atoms with Crippen molar-refractivity contribution in [1.29, 1.82) is 0 Å². The summed E-state index contributed by atoms with van der Waals surface area (Å²) < 4.78 is 16.0. The monoisotopic (exact) mass is 379 g/mol. The van der Waals surface area contributed by atoms with Crippen LogP contribution in [-0.4, -0.2) is 25.0 Å². The van der Waals surface area contributed by atoms with E-state index in [1.165, 1.54) is 7.11 Å². The molecule has 2 rings (SSSR count). The van der Waals surface area contributed by atoms with Gasteiger partial charge in [0.05, 0.1) is 30.0 Å². The van der Waals surface area contributed by atoms with Crippen LogP contribution in [0.4, 0.5) is 10.5 Å². The first-order valence-corrected chi connectivity index (χ1v) is 8.62. The lowest BCUT2D eigenvalue weighted by Gasteiger charge is -2.20. The van der Waals surface area contributed by atoms with Gasteiger partial charge < -0.3 is 14.2 Å². The number of amides is 1. The van der Waals surface area contributed by atoms with Crippen molar-refractivity contribution in [2.45, 2.75) is 26.9 Å². The summed E-state index contributed by atoms with van der Waals surface area (Å²) >= 11 is 6.26. The smallest absolute Gasteiger partial charge is 0.438 e.